The summed E-state index contributed by atoms with van der Waals surface area (Å²) in [5.74, 6) is -1.35. The molecule has 0 fully saturated rings. The van der Waals surface area contributed by atoms with Crippen molar-refractivity contribution in [2.75, 3.05) is 5.32 Å². The van der Waals surface area contributed by atoms with Crippen molar-refractivity contribution in [3.8, 4) is 0 Å². The largest absolute Gasteiger partial charge is 0.545 e. The van der Waals surface area contributed by atoms with E-state index in [0.717, 1.165) is 0 Å². The third kappa shape index (κ3) is 3.08. The molecule has 0 heterocycles. The zero-order chi connectivity index (χ0) is 12.3. The molecule has 0 aliphatic rings. The summed E-state index contributed by atoms with van der Waals surface area (Å²) in [6, 6.07) is 5.87. The second-order valence-corrected chi connectivity index (χ2v) is 4.57. The van der Waals surface area contributed by atoms with Gasteiger partial charge in [0.05, 0.1) is 5.97 Å². The van der Waals surface area contributed by atoms with Gasteiger partial charge >= 0.3 is 0 Å². The van der Waals surface area contributed by atoms with Crippen LogP contribution in [0.4, 0.5) is 5.69 Å². The van der Waals surface area contributed by atoms with Gasteiger partial charge in [0, 0.05) is 11.1 Å². The molecule has 0 spiro atoms. The van der Waals surface area contributed by atoms with Crippen LogP contribution in [0.3, 0.4) is 0 Å². The Balaban J connectivity index is 2.77. The van der Waals surface area contributed by atoms with Gasteiger partial charge in [-0.2, -0.15) is 0 Å². The summed E-state index contributed by atoms with van der Waals surface area (Å²) in [6.07, 6.45) is 0. The lowest BCUT2D eigenvalue weighted by molar-refractivity contribution is -0.255. The maximum Gasteiger partial charge on any atom is 0.229 e. The molecule has 1 N–H and O–H groups in total. The van der Waals surface area contributed by atoms with Gasteiger partial charge in [-0.1, -0.05) is 32.9 Å². The second kappa shape index (κ2) is 4.35. The van der Waals surface area contributed by atoms with E-state index in [1.807, 2.05) is 0 Å². The predicted molar refractivity (Wildman–Crippen MR) is 58.9 cm³/mol. The van der Waals surface area contributed by atoms with E-state index >= 15 is 0 Å². The van der Waals surface area contributed by atoms with Gasteiger partial charge in [0.15, 0.2) is 0 Å². The number of amides is 1. The van der Waals surface area contributed by atoms with Crippen LogP contribution in [0.5, 0.6) is 0 Å². The molecule has 0 aliphatic carbocycles. The number of benzene rings is 1. The van der Waals surface area contributed by atoms with E-state index in [2.05, 4.69) is 5.32 Å². The summed E-state index contributed by atoms with van der Waals surface area (Å²) >= 11 is 0. The Bertz CT molecular complexity index is 401. The number of hydrogen-bond acceptors (Lipinski definition) is 3. The van der Waals surface area contributed by atoms with Gasteiger partial charge in [-0.3, -0.25) is 4.79 Å². The number of aromatic carboxylic acids is 1. The van der Waals surface area contributed by atoms with Crippen molar-refractivity contribution in [3.05, 3.63) is 29.8 Å². The molecule has 0 unspecified atom stereocenters. The highest BCUT2D eigenvalue weighted by molar-refractivity contribution is 5.95. The zero-order valence-corrected chi connectivity index (χ0v) is 9.53. The van der Waals surface area contributed by atoms with Gasteiger partial charge in [-0.05, 0) is 17.7 Å². The standard InChI is InChI=1S/C12H15NO3/c1-12(2,3)11(16)13-9-6-4-8(5-7-9)10(14)15/h4-7H,1-3H3,(H,13,16)(H,14,15)/p-1. The second-order valence-electron chi connectivity index (χ2n) is 4.57. The van der Waals surface area contributed by atoms with Crippen LogP contribution in [0.1, 0.15) is 31.1 Å². The number of carboxylic acid groups (broad SMARTS) is 1. The van der Waals surface area contributed by atoms with Crippen molar-refractivity contribution in [1.82, 2.24) is 0 Å². The highest BCUT2D eigenvalue weighted by atomic mass is 16.4. The first-order chi connectivity index (χ1) is 7.30. The fourth-order valence-corrected chi connectivity index (χ4v) is 1.01. The van der Waals surface area contributed by atoms with Gasteiger partial charge in [-0.15, -0.1) is 0 Å². The number of carboxylic acids is 1. The maximum absolute atomic E-state index is 11.6. The lowest BCUT2D eigenvalue weighted by Crippen LogP contribution is -2.27. The Morgan fingerprint density at radius 3 is 2.00 bits per heavy atom. The van der Waals surface area contributed by atoms with Crippen molar-refractivity contribution in [2.45, 2.75) is 20.8 Å². The lowest BCUT2D eigenvalue weighted by Gasteiger charge is -2.17. The Morgan fingerprint density at radius 1 is 1.12 bits per heavy atom. The smallest absolute Gasteiger partial charge is 0.229 e. The third-order valence-corrected chi connectivity index (χ3v) is 2.06. The van der Waals surface area contributed by atoms with Crippen molar-refractivity contribution in [2.24, 2.45) is 5.41 Å². The Hall–Kier alpha value is -1.84. The van der Waals surface area contributed by atoms with E-state index in [-0.39, 0.29) is 11.5 Å². The van der Waals surface area contributed by atoms with Gasteiger partial charge in [0.1, 0.15) is 0 Å². The van der Waals surface area contributed by atoms with E-state index in [0.29, 0.717) is 5.69 Å². The first kappa shape index (κ1) is 12.2. The predicted octanol–water partition coefficient (Wildman–Crippen LogP) is 1.03. The number of hydrogen-bond donors (Lipinski definition) is 1. The molecule has 0 saturated heterocycles. The van der Waals surface area contributed by atoms with Crippen LogP contribution >= 0.6 is 0 Å². The molecule has 4 heteroatoms. The molecule has 0 bridgehead atoms. The van der Waals surface area contributed by atoms with Crippen LogP contribution in [0, 0.1) is 5.41 Å². The van der Waals surface area contributed by atoms with Gasteiger partial charge in [0.25, 0.3) is 0 Å². The first-order valence-corrected chi connectivity index (χ1v) is 4.93. The number of carbonyl (C=O) groups is 2. The SMILES string of the molecule is CC(C)(C)C(=O)Nc1ccc(C(=O)[O-])cc1. The topological polar surface area (TPSA) is 69.2 Å². The minimum absolute atomic E-state index is 0.0914. The molecule has 1 aromatic carbocycles. The fraction of sp³-hybridized carbons (Fsp3) is 0.333. The van der Waals surface area contributed by atoms with Crippen molar-refractivity contribution < 1.29 is 14.7 Å². The average Bonchev–Trinajstić information content (AvgIpc) is 2.17. The molecular formula is C12H14NO3-. The Morgan fingerprint density at radius 2 is 1.62 bits per heavy atom. The molecule has 1 aromatic rings. The molecule has 4 nitrogen and oxygen atoms in total. The van der Waals surface area contributed by atoms with E-state index < -0.39 is 11.4 Å². The molecule has 0 atom stereocenters. The molecular weight excluding hydrogens is 206 g/mol. The van der Waals surface area contributed by atoms with Crippen LogP contribution in [-0.2, 0) is 4.79 Å². The number of carbonyl (C=O) groups excluding carboxylic acids is 2. The quantitative estimate of drug-likeness (QED) is 0.809. The van der Waals surface area contributed by atoms with Crippen LogP contribution < -0.4 is 10.4 Å². The van der Waals surface area contributed by atoms with Crippen molar-refractivity contribution in [3.63, 3.8) is 0 Å². The highest BCUT2D eigenvalue weighted by Gasteiger charge is 2.20. The molecule has 0 aliphatic heterocycles. The summed E-state index contributed by atoms with van der Waals surface area (Å²) in [7, 11) is 0. The van der Waals surface area contributed by atoms with Gasteiger partial charge in [-0.25, -0.2) is 0 Å². The van der Waals surface area contributed by atoms with E-state index in [1.54, 1.807) is 20.8 Å². The normalized spacial score (nSPS) is 10.9. The molecule has 0 aromatic heterocycles. The summed E-state index contributed by atoms with van der Waals surface area (Å²) in [4.78, 5) is 22.1. The first-order valence-electron chi connectivity index (χ1n) is 4.93. The molecule has 1 rings (SSSR count). The minimum Gasteiger partial charge on any atom is -0.545 e. The monoisotopic (exact) mass is 220 g/mol. The van der Waals surface area contributed by atoms with E-state index in [9.17, 15) is 14.7 Å². The van der Waals surface area contributed by atoms with Gasteiger partial charge < -0.3 is 15.2 Å². The molecule has 16 heavy (non-hydrogen) atoms. The highest BCUT2D eigenvalue weighted by Crippen LogP contribution is 2.17. The van der Waals surface area contributed by atoms with Crippen LogP contribution in [0.25, 0.3) is 0 Å². The number of anilines is 1. The van der Waals surface area contributed by atoms with Crippen molar-refractivity contribution >= 4 is 17.6 Å². The van der Waals surface area contributed by atoms with Crippen LogP contribution in [0.2, 0.25) is 0 Å². The van der Waals surface area contributed by atoms with Gasteiger partial charge in [0.2, 0.25) is 5.91 Å². The van der Waals surface area contributed by atoms with E-state index in [1.165, 1.54) is 24.3 Å². The maximum atomic E-state index is 11.6. The Kier molecular flexibility index (Phi) is 3.32. The molecule has 0 saturated carbocycles. The summed E-state index contributed by atoms with van der Waals surface area (Å²) in [6.45, 7) is 5.41. The van der Waals surface area contributed by atoms with Crippen molar-refractivity contribution in [1.29, 1.82) is 0 Å². The fourth-order valence-electron chi connectivity index (χ4n) is 1.01. The zero-order valence-electron chi connectivity index (χ0n) is 9.53. The summed E-state index contributed by atoms with van der Waals surface area (Å²) < 4.78 is 0. The van der Waals surface area contributed by atoms with E-state index in [4.69, 9.17) is 0 Å². The minimum atomic E-state index is -1.23. The lowest BCUT2D eigenvalue weighted by atomic mass is 9.95. The summed E-state index contributed by atoms with van der Waals surface area (Å²) in [5.41, 5.74) is 0.186. The van der Waals surface area contributed by atoms with Crippen LogP contribution in [-0.4, -0.2) is 11.9 Å². The third-order valence-electron chi connectivity index (χ3n) is 2.06. The summed E-state index contributed by atoms with van der Waals surface area (Å²) in [5, 5.41) is 13.2. The average molecular weight is 220 g/mol. The number of nitrogens with one attached hydrogen (secondary N) is 1. The molecule has 1 amide bonds. The van der Waals surface area contributed by atoms with Crippen LogP contribution in [0.15, 0.2) is 24.3 Å². The molecule has 86 valence electrons. The molecule has 0 radical (unpaired) electrons. The Labute approximate surface area is 94.3 Å². The number of rotatable bonds is 2.